The van der Waals surface area contributed by atoms with Crippen molar-refractivity contribution in [1.29, 1.82) is 0 Å². The van der Waals surface area contributed by atoms with E-state index in [4.69, 9.17) is 0 Å². The molecule has 5 heteroatoms. The highest BCUT2D eigenvalue weighted by Gasteiger charge is 2.22. The SMILES string of the molecule is O=C(Cc1c[nH]c2ccccc12)N1CCN(Cc2ccccn2)CC1. The second kappa shape index (κ2) is 7.07. The Morgan fingerprint density at radius 1 is 1.04 bits per heavy atom. The van der Waals surface area contributed by atoms with Gasteiger partial charge in [-0.05, 0) is 23.8 Å². The number of pyridine rings is 1. The number of amides is 1. The smallest absolute Gasteiger partial charge is 0.227 e. The first-order valence-electron chi connectivity index (χ1n) is 8.74. The Hall–Kier alpha value is -2.66. The van der Waals surface area contributed by atoms with Crippen molar-refractivity contribution in [2.24, 2.45) is 0 Å². The van der Waals surface area contributed by atoms with Gasteiger partial charge in [-0.15, -0.1) is 0 Å². The molecule has 1 saturated heterocycles. The van der Waals surface area contributed by atoms with E-state index < -0.39 is 0 Å². The van der Waals surface area contributed by atoms with Crippen LogP contribution in [0.2, 0.25) is 0 Å². The minimum Gasteiger partial charge on any atom is -0.361 e. The van der Waals surface area contributed by atoms with Crippen molar-refractivity contribution in [3.05, 3.63) is 66.1 Å². The molecular weight excluding hydrogens is 312 g/mol. The third-order valence-corrected chi connectivity index (χ3v) is 4.85. The maximum Gasteiger partial charge on any atom is 0.227 e. The van der Waals surface area contributed by atoms with Crippen LogP contribution in [0.25, 0.3) is 10.9 Å². The molecule has 1 N–H and O–H groups in total. The number of hydrogen-bond donors (Lipinski definition) is 1. The number of benzene rings is 1. The largest absolute Gasteiger partial charge is 0.361 e. The van der Waals surface area contributed by atoms with Crippen molar-refractivity contribution < 1.29 is 4.79 Å². The second-order valence-electron chi connectivity index (χ2n) is 6.51. The molecule has 1 aromatic carbocycles. The summed E-state index contributed by atoms with van der Waals surface area (Å²) in [5.41, 5.74) is 3.25. The summed E-state index contributed by atoms with van der Waals surface area (Å²) in [6, 6.07) is 14.1. The number of nitrogens with zero attached hydrogens (tertiary/aromatic N) is 3. The lowest BCUT2D eigenvalue weighted by Crippen LogP contribution is -2.48. The van der Waals surface area contributed by atoms with Crippen LogP contribution in [-0.4, -0.2) is 51.9 Å². The summed E-state index contributed by atoms with van der Waals surface area (Å²) in [4.78, 5) is 24.6. The molecule has 128 valence electrons. The lowest BCUT2D eigenvalue weighted by Gasteiger charge is -2.34. The van der Waals surface area contributed by atoms with Gasteiger partial charge in [0.15, 0.2) is 0 Å². The molecule has 0 bridgehead atoms. The predicted octanol–water partition coefficient (Wildman–Crippen LogP) is 2.45. The fourth-order valence-electron chi connectivity index (χ4n) is 3.43. The number of carbonyl (C=O) groups excluding carboxylic acids is 1. The van der Waals surface area contributed by atoms with Crippen LogP contribution in [0.1, 0.15) is 11.3 Å². The zero-order chi connectivity index (χ0) is 17.1. The van der Waals surface area contributed by atoms with Crippen molar-refractivity contribution in [3.8, 4) is 0 Å². The summed E-state index contributed by atoms with van der Waals surface area (Å²) >= 11 is 0. The second-order valence-corrected chi connectivity index (χ2v) is 6.51. The molecule has 0 unspecified atom stereocenters. The summed E-state index contributed by atoms with van der Waals surface area (Å²) in [7, 11) is 0. The predicted molar refractivity (Wildman–Crippen MR) is 98.1 cm³/mol. The molecule has 0 aliphatic carbocycles. The minimum absolute atomic E-state index is 0.210. The number of fused-ring (bicyclic) bond motifs is 1. The first-order valence-corrected chi connectivity index (χ1v) is 8.74. The van der Waals surface area contributed by atoms with Gasteiger partial charge in [0.05, 0.1) is 12.1 Å². The maximum atomic E-state index is 12.7. The summed E-state index contributed by atoms with van der Waals surface area (Å²) in [5, 5.41) is 1.14. The number of nitrogens with one attached hydrogen (secondary N) is 1. The molecule has 25 heavy (non-hydrogen) atoms. The standard InChI is InChI=1S/C20H22N4O/c25-20(13-16-14-22-19-7-2-1-6-18(16)19)24-11-9-23(10-12-24)15-17-5-3-4-8-21-17/h1-8,14,22H,9-13,15H2. The van der Waals surface area contributed by atoms with Crippen molar-refractivity contribution in [2.75, 3.05) is 26.2 Å². The first-order chi connectivity index (χ1) is 12.3. The Morgan fingerprint density at radius 3 is 2.64 bits per heavy atom. The Balaban J connectivity index is 1.33. The highest BCUT2D eigenvalue weighted by Crippen LogP contribution is 2.19. The lowest BCUT2D eigenvalue weighted by atomic mass is 10.1. The zero-order valence-electron chi connectivity index (χ0n) is 14.2. The summed E-state index contributed by atoms with van der Waals surface area (Å²) in [5.74, 6) is 0.210. The minimum atomic E-state index is 0.210. The van der Waals surface area contributed by atoms with Crippen LogP contribution in [0.15, 0.2) is 54.9 Å². The number of aromatic amines is 1. The van der Waals surface area contributed by atoms with Crippen LogP contribution in [0, 0.1) is 0 Å². The van der Waals surface area contributed by atoms with E-state index in [1.165, 1.54) is 0 Å². The van der Waals surface area contributed by atoms with E-state index in [-0.39, 0.29) is 5.91 Å². The van der Waals surface area contributed by atoms with Gasteiger partial charge in [-0.3, -0.25) is 14.7 Å². The normalized spacial score (nSPS) is 15.6. The molecule has 4 rings (SSSR count). The highest BCUT2D eigenvalue weighted by atomic mass is 16.2. The Labute approximate surface area is 147 Å². The number of piperazine rings is 1. The van der Waals surface area contributed by atoms with Gasteiger partial charge in [0.1, 0.15) is 0 Å². The van der Waals surface area contributed by atoms with Gasteiger partial charge in [0.2, 0.25) is 5.91 Å². The van der Waals surface area contributed by atoms with Crippen LogP contribution in [0.3, 0.4) is 0 Å². The van der Waals surface area contributed by atoms with Gasteiger partial charge >= 0.3 is 0 Å². The van der Waals surface area contributed by atoms with Gasteiger partial charge in [-0.2, -0.15) is 0 Å². The number of aromatic nitrogens is 2. The topological polar surface area (TPSA) is 52.2 Å². The molecule has 1 amide bonds. The average Bonchev–Trinajstić information content (AvgIpc) is 3.06. The Bertz CT molecular complexity index is 850. The van der Waals surface area contributed by atoms with E-state index in [2.05, 4.69) is 27.0 Å². The molecule has 5 nitrogen and oxygen atoms in total. The molecule has 0 saturated carbocycles. The fraction of sp³-hybridized carbons (Fsp3) is 0.300. The number of carbonyl (C=O) groups is 1. The third-order valence-electron chi connectivity index (χ3n) is 4.85. The van der Waals surface area contributed by atoms with Crippen LogP contribution in [0.4, 0.5) is 0 Å². The molecule has 0 radical (unpaired) electrons. The number of para-hydroxylation sites is 1. The first kappa shape index (κ1) is 15.8. The monoisotopic (exact) mass is 334 g/mol. The van der Waals surface area contributed by atoms with Crippen molar-refractivity contribution in [2.45, 2.75) is 13.0 Å². The van der Waals surface area contributed by atoms with Crippen LogP contribution >= 0.6 is 0 Å². The Morgan fingerprint density at radius 2 is 1.84 bits per heavy atom. The van der Waals surface area contributed by atoms with Gasteiger partial charge < -0.3 is 9.88 Å². The lowest BCUT2D eigenvalue weighted by molar-refractivity contribution is -0.132. The van der Waals surface area contributed by atoms with Crippen molar-refractivity contribution in [3.63, 3.8) is 0 Å². The number of H-pyrrole nitrogens is 1. The van der Waals surface area contributed by atoms with E-state index in [0.29, 0.717) is 6.42 Å². The van der Waals surface area contributed by atoms with E-state index >= 15 is 0 Å². The molecule has 2 aromatic heterocycles. The van der Waals surface area contributed by atoms with E-state index in [0.717, 1.165) is 54.9 Å². The van der Waals surface area contributed by atoms with Crippen LogP contribution in [0.5, 0.6) is 0 Å². The molecule has 1 aliphatic heterocycles. The quantitative estimate of drug-likeness (QED) is 0.797. The highest BCUT2D eigenvalue weighted by molar-refractivity contribution is 5.88. The fourth-order valence-corrected chi connectivity index (χ4v) is 3.43. The molecule has 3 heterocycles. The van der Waals surface area contributed by atoms with E-state index in [1.807, 2.05) is 47.6 Å². The average molecular weight is 334 g/mol. The number of hydrogen-bond acceptors (Lipinski definition) is 3. The van der Waals surface area contributed by atoms with Gasteiger partial charge in [-0.1, -0.05) is 24.3 Å². The molecule has 0 spiro atoms. The van der Waals surface area contributed by atoms with Gasteiger partial charge in [-0.25, -0.2) is 0 Å². The van der Waals surface area contributed by atoms with E-state index in [9.17, 15) is 4.79 Å². The summed E-state index contributed by atoms with van der Waals surface area (Å²) < 4.78 is 0. The molecule has 3 aromatic rings. The van der Waals surface area contributed by atoms with E-state index in [1.54, 1.807) is 0 Å². The maximum absolute atomic E-state index is 12.7. The summed E-state index contributed by atoms with van der Waals surface area (Å²) in [6.07, 6.45) is 4.25. The van der Waals surface area contributed by atoms with Crippen molar-refractivity contribution in [1.82, 2.24) is 19.8 Å². The Kier molecular flexibility index (Phi) is 4.48. The third kappa shape index (κ3) is 3.56. The molecule has 1 fully saturated rings. The summed E-state index contributed by atoms with van der Waals surface area (Å²) in [6.45, 7) is 4.22. The van der Waals surface area contributed by atoms with Crippen LogP contribution in [-0.2, 0) is 17.8 Å². The van der Waals surface area contributed by atoms with Crippen molar-refractivity contribution >= 4 is 16.8 Å². The number of rotatable bonds is 4. The molecule has 0 atom stereocenters. The zero-order valence-corrected chi connectivity index (χ0v) is 14.2. The molecule has 1 aliphatic rings. The molecular formula is C20H22N4O. The van der Waals surface area contributed by atoms with Gasteiger partial charge in [0.25, 0.3) is 0 Å². The van der Waals surface area contributed by atoms with Crippen LogP contribution < -0.4 is 0 Å². The van der Waals surface area contributed by atoms with Gasteiger partial charge in [0, 0.05) is 56.0 Å².